The lowest BCUT2D eigenvalue weighted by atomic mass is 9.88. The van der Waals surface area contributed by atoms with Crippen molar-refractivity contribution in [3.8, 4) is 5.75 Å². The quantitative estimate of drug-likeness (QED) is 0.408. The van der Waals surface area contributed by atoms with Crippen LogP contribution < -0.4 is 4.74 Å². The summed E-state index contributed by atoms with van der Waals surface area (Å²) in [5.74, 6) is -2.48. The lowest BCUT2D eigenvalue weighted by Crippen LogP contribution is -2.29. The lowest BCUT2D eigenvalue weighted by molar-refractivity contribution is -0.185. The van der Waals surface area contributed by atoms with Crippen LogP contribution in [-0.2, 0) is 26.5 Å². The number of hydrogen-bond donors (Lipinski definition) is 1. The van der Waals surface area contributed by atoms with Crippen molar-refractivity contribution in [2.24, 2.45) is 0 Å². The Kier molecular flexibility index (Phi) is 5.80. The van der Waals surface area contributed by atoms with Gasteiger partial charge in [0.05, 0.1) is 37.1 Å². The Morgan fingerprint density at radius 1 is 1.00 bits per heavy atom. The van der Waals surface area contributed by atoms with E-state index in [1.807, 2.05) is 0 Å². The molecule has 0 spiro atoms. The number of rotatable bonds is 6. The third kappa shape index (κ3) is 4.05. The topological polar surface area (TPSA) is 108 Å². The highest BCUT2D eigenvalue weighted by atomic mass is 32.1. The summed E-state index contributed by atoms with van der Waals surface area (Å²) in [7, 11) is 2.86. The van der Waals surface area contributed by atoms with E-state index in [0.29, 0.717) is 33.5 Å². The Hall–Kier alpha value is -4.08. The van der Waals surface area contributed by atoms with E-state index < -0.39 is 17.7 Å². The van der Waals surface area contributed by atoms with Gasteiger partial charge in [-0.2, -0.15) is 8.75 Å². The summed E-state index contributed by atoms with van der Waals surface area (Å²) in [5.41, 5.74) is 4.13. The Morgan fingerprint density at radius 2 is 1.71 bits per heavy atom. The van der Waals surface area contributed by atoms with Gasteiger partial charge >= 0.3 is 11.9 Å². The molecule has 35 heavy (non-hydrogen) atoms. The fourth-order valence-corrected chi connectivity index (χ4v) is 4.63. The molecule has 3 aromatic carbocycles. The van der Waals surface area contributed by atoms with Gasteiger partial charge in [0.15, 0.2) is 0 Å². The maximum absolute atomic E-state index is 13.2. The molecule has 4 aromatic rings. The first-order valence-corrected chi connectivity index (χ1v) is 11.4. The molecule has 0 amide bonds. The van der Waals surface area contributed by atoms with Gasteiger partial charge in [-0.1, -0.05) is 18.2 Å². The number of carbonyl (C=O) groups excluding carboxylic acids is 2. The van der Waals surface area contributed by atoms with E-state index in [1.54, 1.807) is 73.8 Å². The number of cyclic esters (lactones) is 1. The van der Waals surface area contributed by atoms with Crippen LogP contribution in [0.25, 0.3) is 16.6 Å². The molecule has 8 nitrogen and oxygen atoms in total. The maximum atomic E-state index is 13.2. The van der Waals surface area contributed by atoms with Crippen LogP contribution in [0.15, 0.2) is 72.3 Å². The minimum Gasteiger partial charge on any atom is -0.497 e. The predicted octanol–water partition coefficient (Wildman–Crippen LogP) is 3.88. The zero-order chi connectivity index (χ0) is 24.6. The van der Waals surface area contributed by atoms with Crippen LogP contribution in [0.5, 0.6) is 5.75 Å². The van der Waals surface area contributed by atoms with Crippen molar-refractivity contribution in [2.45, 2.75) is 12.2 Å². The van der Waals surface area contributed by atoms with Gasteiger partial charge in [-0.05, 0) is 59.7 Å². The standard InChI is InChI=1S/C26H20N2O6S/c1-32-19-10-8-18(9-11-19)26(31)20(13-15-3-5-16(6-4-15)24(29)33-2)23(25(30)34-26)17-7-12-21-22(14-17)28-35-27-21/h3-12,14,31H,13H2,1-2H3. The molecule has 1 aromatic heterocycles. The maximum Gasteiger partial charge on any atom is 0.342 e. The van der Waals surface area contributed by atoms with Crippen molar-refractivity contribution < 1.29 is 28.9 Å². The van der Waals surface area contributed by atoms with E-state index in [-0.39, 0.29) is 12.0 Å². The highest BCUT2D eigenvalue weighted by Gasteiger charge is 2.48. The summed E-state index contributed by atoms with van der Waals surface area (Å²) in [5, 5.41) is 11.8. The van der Waals surface area contributed by atoms with Crippen LogP contribution in [0.4, 0.5) is 0 Å². The first-order chi connectivity index (χ1) is 16.9. The number of aromatic nitrogens is 2. The third-order valence-corrected chi connectivity index (χ3v) is 6.49. The first kappa shape index (κ1) is 22.7. The van der Waals surface area contributed by atoms with Crippen molar-refractivity contribution in [3.05, 3.63) is 94.6 Å². The fourth-order valence-electron chi connectivity index (χ4n) is 4.11. The van der Waals surface area contributed by atoms with E-state index in [2.05, 4.69) is 8.75 Å². The number of carbonyl (C=O) groups is 2. The molecule has 1 atom stereocenters. The Morgan fingerprint density at radius 3 is 2.40 bits per heavy atom. The van der Waals surface area contributed by atoms with E-state index in [0.717, 1.165) is 22.8 Å². The Bertz CT molecular complexity index is 1460. The lowest BCUT2D eigenvalue weighted by Gasteiger charge is -2.26. The molecule has 0 bridgehead atoms. The first-order valence-electron chi connectivity index (χ1n) is 10.7. The fraction of sp³-hybridized carbons (Fsp3) is 0.154. The number of aliphatic hydroxyl groups is 1. The Labute approximate surface area is 204 Å². The molecule has 0 aliphatic carbocycles. The summed E-state index contributed by atoms with van der Waals surface area (Å²) < 4.78 is 24.1. The Balaban J connectivity index is 1.64. The van der Waals surface area contributed by atoms with Gasteiger partial charge in [0.1, 0.15) is 16.8 Å². The molecule has 2 heterocycles. The molecule has 176 valence electrons. The molecule has 9 heteroatoms. The smallest absolute Gasteiger partial charge is 0.342 e. The summed E-state index contributed by atoms with van der Waals surface area (Å²) in [6.07, 6.45) is 0.193. The number of fused-ring (bicyclic) bond motifs is 1. The minimum atomic E-state index is -1.99. The second kappa shape index (κ2) is 8.94. The second-order valence-corrected chi connectivity index (χ2v) is 8.48. The number of methoxy groups -OCH3 is 2. The SMILES string of the molecule is COC(=O)c1ccc(CC2=C(c3ccc4nsnc4c3)C(=O)OC2(O)c2ccc(OC)cc2)cc1. The number of benzene rings is 3. The van der Waals surface area contributed by atoms with Crippen LogP contribution in [0.2, 0.25) is 0 Å². The molecule has 1 aliphatic heterocycles. The molecule has 0 radical (unpaired) electrons. The van der Waals surface area contributed by atoms with Gasteiger partial charge in [-0.25, -0.2) is 9.59 Å². The van der Waals surface area contributed by atoms with Crippen LogP contribution in [0.1, 0.15) is 27.0 Å². The zero-order valence-corrected chi connectivity index (χ0v) is 19.7. The number of ether oxygens (including phenoxy) is 3. The van der Waals surface area contributed by atoms with Gasteiger partial charge in [-0.15, -0.1) is 0 Å². The third-order valence-electron chi connectivity index (χ3n) is 5.94. The van der Waals surface area contributed by atoms with E-state index >= 15 is 0 Å². The monoisotopic (exact) mass is 488 g/mol. The number of esters is 2. The minimum absolute atomic E-state index is 0.193. The van der Waals surface area contributed by atoms with Crippen molar-refractivity contribution in [2.75, 3.05) is 14.2 Å². The molecule has 1 N–H and O–H groups in total. The molecule has 1 aliphatic rings. The van der Waals surface area contributed by atoms with Gasteiger partial charge in [-0.3, -0.25) is 0 Å². The number of hydrogen-bond acceptors (Lipinski definition) is 9. The van der Waals surface area contributed by atoms with Crippen molar-refractivity contribution in [1.82, 2.24) is 8.75 Å². The molecule has 5 rings (SSSR count). The normalized spacial score (nSPS) is 17.5. The molecular weight excluding hydrogens is 468 g/mol. The molecular formula is C26H20N2O6S. The molecule has 1 unspecified atom stereocenters. The predicted molar refractivity (Wildman–Crippen MR) is 129 cm³/mol. The van der Waals surface area contributed by atoms with Crippen LogP contribution in [0, 0.1) is 0 Å². The molecule has 0 saturated carbocycles. The second-order valence-electron chi connectivity index (χ2n) is 7.95. The van der Waals surface area contributed by atoms with Crippen LogP contribution in [-0.4, -0.2) is 40.0 Å². The van der Waals surface area contributed by atoms with Gasteiger partial charge in [0, 0.05) is 17.6 Å². The summed E-state index contributed by atoms with van der Waals surface area (Å²) in [4.78, 5) is 25.0. The summed E-state index contributed by atoms with van der Waals surface area (Å²) in [6, 6.07) is 18.8. The summed E-state index contributed by atoms with van der Waals surface area (Å²) in [6.45, 7) is 0. The van der Waals surface area contributed by atoms with Gasteiger partial charge in [0.25, 0.3) is 5.79 Å². The summed E-state index contributed by atoms with van der Waals surface area (Å²) >= 11 is 1.08. The van der Waals surface area contributed by atoms with E-state index in [4.69, 9.17) is 14.2 Å². The van der Waals surface area contributed by atoms with Gasteiger partial charge < -0.3 is 19.3 Å². The van der Waals surface area contributed by atoms with Crippen LogP contribution >= 0.6 is 11.7 Å². The van der Waals surface area contributed by atoms with Gasteiger partial charge in [0.2, 0.25) is 0 Å². The van der Waals surface area contributed by atoms with Crippen molar-refractivity contribution >= 4 is 40.3 Å². The van der Waals surface area contributed by atoms with E-state index in [9.17, 15) is 14.7 Å². The zero-order valence-electron chi connectivity index (χ0n) is 18.8. The molecule has 0 fully saturated rings. The van der Waals surface area contributed by atoms with Crippen molar-refractivity contribution in [1.29, 1.82) is 0 Å². The number of nitrogens with zero attached hydrogens (tertiary/aromatic N) is 2. The molecule has 0 saturated heterocycles. The average molecular weight is 489 g/mol. The van der Waals surface area contributed by atoms with E-state index in [1.165, 1.54) is 7.11 Å². The van der Waals surface area contributed by atoms with Crippen LogP contribution in [0.3, 0.4) is 0 Å². The largest absolute Gasteiger partial charge is 0.497 e. The highest BCUT2D eigenvalue weighted by molar-refractivity contribution is 7.00. The average Bonchev–Trinajstić information content (AvgIpc) is 3.45. The van der Waals surface area contributed by atoms with Crippen molar-refractivity contribution in [3.63, 3.8) is 0 Å². The highest BCUT2D eigenvalue weighted by Crippen LogP contribution is 2.45.